The minimum Gasteiger partial charge on any atom is -0.488 e. The SMILES string of the molecule is CCOC(=O)CC(c1ccc(C)c(CN2C[C@@H](C)Oc3ccccc3S2(=O)=O)c1)c1cccc(=O)n1C. The molecule has 2 atom stereocenters. The van der Waals surface area contributed by atoms with Gasteiger partial charge in [-0.2, -0.15) is 4.31 Å². The van der Waals surface area contributed by atoms with E-state index in [1.54, 1.807) is 44.3 Å². The molecule has 0 saturated heterocycles. The molecule has 0 amide bonds. The van der Waals surface area contributed by atoms with Crippen LogP contribution in [0.2, 0.25) is 0 Å². The van der Waals surface area contributed by atoms with Crippen LogP contribution in [0, 0.1) is 6.92 Å². The summed E-state index contributed by atoms with van der Waals surface area (Å²) in [4.78, 5) is 25.0. The Hall–Kier alpha value is -3.43. The zero-order chi connectivity index (χ0) is 26.7. The first-order valence-electron chi connectivity index (χ1n) is 12.3. The number of esters is 1. The van der Waals surface area contributed by atoms with E-state index >= 15 is 0 Å². The third-order valence-corrected chi connectivity index (χ3v) is 8.49. The molecule has 0 radical (unpaired) electrons. The Morgan fingerprint density at radius 2 is 1.89 bits per heavy atom. The molecule has 1 aromatic heterocycles. The molecule has 1 aliphatic rings. The van der Waals surface area contributed by atoms with E-state index in [1.165, 1.54) is 14.9 Å². The smallest absolute Gasteiger partial charge is 0.306 e. The molecule has 3 aromatic rings. The van der Waals surface area contributed by atoms with Crippen LogP contribution in [0.15, 0.2) is 70.4 Å². The highest BCUT2D eigenvalue weighted by molar-refractivity contribution is 7.89. The summed E-state index contributed by atoms with van der Waals surface area (Å²) in [5.41, 5.74) is 3.02. The Kier molecular flexibility index (Phi) is 7.85. The summed E-state index contributed by atoms with van der Waals surface area (Å²) < 4.78 is 41.2. The number of aromatic nitrogens is 1. The van der Waals surface area contributed by atoms with Gasteiger partial charge in [-0.3, -0.25) is 9.59 Å². The molecule has 0 N–H and O–H groups in total. The number of fused-ring (bicyclic) bond motifs is 1. The maximum absolute atomic E-state index is 13.6. The predicted molar refractivity (Wildman–Crippen MR) is 140 cm³/mol. The predicted octanol–water partition coefficient (Wildman–Crippen LogP) is 3.75. The molecular weight excluding hydrogens is 492 g/mol. The highest BCUT2D eigenvalue weighted by Crippen LogP contribution is 2.33. The van der Waals surface area contributed by atoms with E-state index in [0.29, 0.717) is 11.4 Å². The number of nitrogens with zero attached hydrogens (tertiary/aromatic N) is 2. The Morgan fingerprint density at radius 3 is 2.65 bits per heavy atom. The number of aryl methyl sites for hydroxylation is 1. The van der Waals surface area contributed by atoms with Crippen LogP contribution in [0.3, 0.4) is 0 Å². The van der Waals surface area contributed by atoms with E-state index in [0.717, 1.165) is 16.7 Å². The first-order valence-corrected chi connectivity index (χ1v) is 13.7. The fourth-order valence-electron chi connectivity index (χ4n) is 4.67. The number of rotatable bonds is 7. The molecule has 0 spiro atoms. The lowest BCUT2D eigenvalue weighted by atomic mass is 9.89. The fourth-order valence-corrected chi connectivity index (χ4v) is 6.28. The molecule has 0 bridgehead atoms. The lowest BCUT2D eigenvalue weighted by Crippen LogP contribution is -2.35. The summed E-state index contributed by atoms with van der Waals surface area (Å²) in [5.74, 6) is -0.466. The summed E-state index contributed by atoms with van der Waals surface area (Å²) >= 11 is 0. The van der Waals surface area contributed by atoms with Crippen molar-refractivity contribution < 1.29 is 22.7 Å². The Labute approximate surface area is 217 Å². The maximum atomic E-state index is 13.6. The van der Waals surface area contributed by atoms with Crippen LogP contribution in [0.5, 0.6) is 5.75 Å². The van der Waals surface area contributed by atoms with Gasteiger partial charge in [0.25, 0.3) is 0 Å². The Balaban J connectivity index is 1.75. The van der Waals surface area contributed by atoms with Crippen molar-refractivity contribution in [3.05, 3.63) is 93.4 Å². The summed E-state index contributed by atoms with van der Waals surface area (Å²) in [6.07, 6.45) is -0.286. The number of ether oxygens (including phenoxy) is 2. The van der Waals surface area contributed by atoms with E-state index < -0.39 is 15.9 Å². The van der Waals surface area contributed by atoms with Gasteiger partial charge in [0.05, 0.1) is 19.6 Å². The minimum absolute atomic E-state index is 0.0495. The van der Waals surface area contributed by atoms with Gasteiger partial charge in [0.2, 0.25) is 15.6 Å². The van der Waals surface area contributed by atoms with Crippen molar-refractivity contribution in [2.24, 2.45) is 7.05 Å². The summed E-state index contributed by atoms with van der Waals surface area (Å²) in [7, 11) is -2.13. The van der Waals surface area contributed by atoms with Crippen molar-refractivity contribution in [1.82, 2.24) is 8.87 Å². The molecule has 1 unspecified atom stereocenters. The van der Waals surface area contributed by atoms with Gasteiger partial charge in [0.15, 0.2) is 0 Å². The highest BCUT2D eigenvalue weighted by Gasteiger charge is 2.33. The number of sulfonamides is 1. The average molecular weight is 525 g/mol. The molecule has 0 aliphatic carbocycles. The van der Waals surface area contributed by atoms with Crippen molar-refractivity contribution >= 4 is 16.0 Å². The highest BCUT2D eigenvalue weighted by atomic mass is 32.2. The van der Waals surface area contributed by atoms with E-state index in [2.05, 4.69) is 0 Å². The second-order valence-electron chi connectivity index (χ2n) is 9.27. The normalized spacial score (nSPS) is 17.8. The molecule has 0 fully saturated rings. The van der Waals surface area contributed by atoms with Gasteiger partial charge in [-0.1, -0.05) is 36.4 Å². The van der Waals surface area contributed by atoms with Crippen molar-refractivity contribution in [2.45, 2.75) is 50.7 Å². The van der Waals surface area contributed by atoms with E-state index in [1.807, 2.05) is 38.1 Å². The fraction of sp³-hybridized carbons (Fsp3) is 0.357. The van der Waals surface area contributed by atoms with Crippen LogP contribution in [-0.2, 0) is 33.1 Å². The lowest BCUT2D eigenvalue weighted by Gasteiger charge is -2.24. The first kappa shape index (κ1) is 26.6. The number of hydrogen-bond acceptors (Lipinski definition) is 6. The van der Waals surface area contributed by atoms with Gasteiger partial charge < -0.3 is 14.0 Å². The van der Waals surface area contributed by atoms with Gasteiger partial charge in [-0.15, -0.1) is 0 Å². The van der Waals surface area contributed by atoms with E-state index in [9.17, 15) is 18.0 Å². The maximum Gasteiger partial charge on any atom is 0.306 e. The standard InChI is InChI=1S/C28H32N2O6S/c1-5-35-28(32)16-23(24-9-8-12-27(31)29(24)4)21-14-13-19(2)22(15-21)18-30-17-20(3)36-25-10-6-7-11-26(25)37(30,33)34/h6-15,20,23H,5,16-18H2,1-4H3/t20-,23?/m1/s1. The number of hydrogen-bond donors (Lipinski definition) is 0. The molecule has 1 aliphatic heterocycles. The molecule has 4 rings (SSSR count). The molecular formula is C28H32N2O6S. The third kappa shape index (κ3) is 5.62. The van der Waals surface area contributed by atoms with E-state index in [4.69, 9.17) is 9.47 Å². The molecule has 0 saturated carbocycles. The quantitative estimate of drug-likeness (QED) is 0.437. The van der Waals surface area contributed by atoms with Crippen molar-refractivity contribution in [3.63, 3.8) is 0 Å². The first-order chi connectivity index (χ1) is 17.6. The van der Waals surface area contributed by atoms with Crippen LogP contribution < -0.4 is 10.3 Å². The summed E-state index contributed by atoms with van der Waals surface area (Å²) in [5, 5.41) is 0. The molecule has 2 aromatic carbocycles. The zero-order valence-electron chi connectivity index (χ0n) is 21.5. The largest absolute Gasteiger partial charge is 0.488 e. The third-order valence-electron chi connectivity index (χ3n) is 6.63. The van der Waals surface area contributed by atoms with Crippen LogP contribution >= 0.6 is 0 Å². The van der Waals surface area contributed by atoms with Crippen molar-refractivity contribution in [2.75, 3.05) is 13.2 Å². The lowest BCUT2D eigenvalue weighted by molar-refractivity contribution is -0.143. The number of para-hydroxylation sites is 1. The average Bonchev–Trinajstić information content (AvgIpc) is 2.94. The van der Waals surface area contributed by atoms with Gasteiger partial charge in [0.1, 0.15) is 16.7 Å². The van der Waals surface area contributed by atoms with Crippen LogP contribution in [0.25, 0.3) is 0 Å². The number of carbonyl (C=O) groups excluding carboxylic acids is 1. The van der Waals surface area contributed by atoms with Gasteiger partial charge in [-0.25, -0.2) is 8.42 Å². The molecule has 37 heavy (non-hydrogen) atoms. The van der Waals surface area contributed by atoms with Crippen LogP contribution in [0.4, 0.5) is 0 Å². The van der Waals surface area contributed by atoms with E-state index in [-0.39, 0.29) is 48.6 Å². The second kappa shape index (κ2) is 10.9. The summed E-state index contributed by atoms with van der Waals surface area (Å²) in [6.45, 7) is 6.12. The second-order valence-corrected chi connectivity index (χ2v) is 11.2. The number of pyridine rings is 1. The summed E-state index contributed by atoms with van der Waals surface area (Å²) in [6, 6.07) is 17.4. The van der Waals surface area contributed by atoms with Crippen LogP contribution in [-0.4, -0.2) is 42.5 Å². The van der Waals surface area contributed by atoms with Crippen molar-refractivity contribution in [1.29, 1.82) is 0 Å². The van der Waals surface area contributed by atoms with Gasteiger partial charge in [0, 0.05) is 31.3 Å². The van der Waals surface area contributed by atoms with Crippen LogP contribution in [0.1, 0.15) is 48.6 Å². The monoisotopic (exact) mass is 524 g/mol. The molecule has 2 heterocycles. The number of benzene rings is 2. The molecule has 9 heteroatoms. The molecule has 196 valence electrons. The van der Waals surface area contributed by atoms with Gasteiger partial charge in [-0.05, 0) is 55.7 Å². The topological polar surface area (TPSA) is 94.9 Å². The number of carbonyl (C=O) groups is 1. The van der Waals surface area contributed by atoms with Crippen molar-refractivity contribution in [3.8, 4) is 5.75 Å². The zero-order valence-corrected chi connectivity index (χ0v) is 22.3. The molecule has 8 nitrogen and oxygen atoms in total. The Bertz CT molecular complexity index is 1460. The Morgan fingerprint density at radius 1 is 1.14 bits per heavy atom. The van der Waals surface area contributed by atoms with Gasteiger partial charge >= 0.3 is 5.97 Å². The minimum atomic E-state index is -3.80.